The lowest BCUT2D eigenvalue weighted by atomic mass is 10.2. The van der Waals surface area contributed by atoms with Crippen molar-refractivity contribution in [2.45, 2.75) is 6.92 Å². The van der Waals surface area contributed by atoms with Crippen LogP contribution in [0.4, 0.5) is 5.69 Å². The van der Waals surface area contributed by atoms with Crippen molar-refractivity contribution in [3.05, 3.63) is 62.6 Å². The predicted molar refractivity (Wildman–Crippen MR) is 97.0 cm³/mol. The van der Waals surface area contributed by atoms with Crippen LogP contribution in [0, 0.1) is 6.92 Å². The van der Waals surface area contributed by atoms with Crippen molar-refractivity contribution in [2.75, 3.05) is 5.32 Å². The van der Waals surface area contributed by atoms with E-state index in [0.717, 1.165) is 0 Å². The highest BCUT2D eigenvalue weighted by Crippen LogP contribution is 2.23. The number of nitrogens with one attached hydrogen (secondary N) is 2. The number of benzene rings is 2. The first-order valence-electron chi connectivity index (χ1n) is 6.73. The van der Waals surface area contributed by atoms with Gasteiger partial charge in [0.15, 0.2) is 0 Å². The molecular weight excluding hydrogens is 373 g/mol. The van der Waals surface area contributed by atoms with Gasteiger partial charge in [-0.15, -0.1) is 0 Å². The number of hydrogen-bond acceptors (Lipinski definition) is 3. The van der Waals surface area contributed by atoms with Gasteiger partial charge in [0, 0.05) is 10.7 Å². The van der Waals surface area contributed by atoms with Crippen molar-refractivity contribution < 1.29 is 9.59 Å². The largest absolute Gasteiger partial charge is 0.329 e. The van der Waals surface area contributed by atoms with E-state index in [1.807, 2.05) is 0 Å². The summed E-state index contributed by atoms with van der Waals surface area (Å²) in [5.74, 6) is -1.77. The average Bonchev–Trinajstić information content (AvgIpc) is 2.55. The van der Waals surface area contributed by atoms with Crippen molar-refractivity contribution in [3.63, 3.8) is 0 Å². The standard InChI is InChI=1S/C16H12Cl3N3O2/c1-9-11(17)3-2-4-14(9)21-15(23)16(24)22-20-8-10-5-6-12(18)13(19)7-10/h2-8H,1H3,(H,21,23)(H,22,24)/b20-8+. The minimum Gasteiger partial charge on any atom is -0.317 e. The minimum atomic E-state index is -0.911. The Morgan fingerprint density at radius 3 is 2.46 bits per heavy atom. The predicted octanol–water partition coefficient (Wildman–Crippen LogP) is 4.04. The van der Waals surface area contributed by atoms with Crippen molar-refractivity contribution in [1.29, 1.82) is 0 Å². The molecule has 5 nitrogen and oxygen atoms in total. The van der Waals surface area contributed by atoms with Crippen LogP contribution in [-0.2, 0) is 9.59 Å². The van der Waals surface area contributed by atoms with Crippen molar-refractivity contribution in [3.8, 4) is 0 Å². The first kappa shape index (κ1) is 18.3. The molecule has 2 amide bonds. The molecule has 0 aliphatic rings. The summed E-state index contributed by atoms with van der Waals surface area (Å²) in [5, 5.41) is 7.43. The molecule has 0 aliphatic heterocycles. The highest BCUT2D eigenvalue weighted by molar-refractivity contribution is 6.42. The molecule has 0 radical (unpaired) electrons. The molecule has 0 bridgehead atoms. The highest BCUT2D eigenvalue weighted by atomic mass is 35.5. The van der Waals surface area contributed by atoms with E-state index in [9.17, 15) is 9.59 Å². The number of anilines is 1. The second-order valence-corrected chi connectivity index (χ2v) is 5.96. The fourth-order valence-electron chi connectivity index (χ4n) is 1.73. The van der Waals surface area contributed by atoms with E-state index < -0.39 is 11.8 Å². The number of hydrazone groups is 1. The van der Waals surface area contributed by atoms with Crippen molar-refractivity contribution in [1.82, 2.24) is 5.43 Å². The van der Waals surface area contributed by atoms with E-state index in [2.05, 4.69) is 15.8 Å². The van der Waals surface area contributed by atoms with Gasteiger partial charge in [0.2, 0.25) is 0 Å². The van der Waals surface area contributed by atoms with Crippen LogP contribution in [0.25, 0.3) is 0 Å². The van der Waals surface area contributed by atoms with Crippen LogP contribution < -0.4 is 10.7 Å². The maximum Gasteiger partial charge on any atom is 0.329 e. The second-order valence-electron chi connectivity index (χ2n) is 4.74. The SMILES string of the molecule is Cc1c(Cl)cccc1NC(=O)C(=O)N/N=C/c1ccc(Cl)c(Cl)c1. The number of rotatable bonds is 3. The summed E-state index contributed by atoms with van der Waals surface area (Å²) in [7, 11) is 0. The number of halogens is 3. The Balaban J connectivity index is 1.96. The molecule has 2 aromatic rings. The van der Waals surface area contributed by atoms with Gasteiger partial charge >= 0.3 is 11.8 Å². The topological polar surface area (TPSA) is 70.6 Å². The third-order valence-corrected chi connectivity index (χ3v) is 4.19. The van der Waals surface area contributed by atoms with Gasteiger partial charge in [0.1, 0.15) is 0 Å². The Labute approximate surface area is 153 Å². The fourth-order valence-corrected chi connectivity index (χ4v) is 2.21. The van der Waals surface area contributed by atoms with Crippen molar-refractivity contribution in [2.24, 2.45) is 5.10 Å². The van der Waals surface area contributed by atoms with Gasteiger partial charge in [-0.2, -0.15) is 5.10 Å². The monoisotopic (exact) mass is 383 g/mol. The van der Waals surface area contributed by atoms with Gasteiger partial charge in [0.05, 0.1) is 16.3 Å². The molecule has 0 unspecified atom stereocenters. The molecule has 2 N–H and O–H groups in total. The van der Waals surface area contributed by atoms with E-state index in [0.29, 0.717) is 31.9 Å². The minimum absolute atomic E-state index is 0.362. The zero-order chi connectivity index (χ0) is 17.7. The second kappa shape index (κ2) is 8.15. The number of carbonyl (C=O) groups excluding carboxylic acids is 2. The molecule has 8 heteroatoms. The zero-order valence-corrected chi connectivity index (χ0v) is 14.7. The van der Waals surface area contributed by atoms with E-state index in [1.54, 1.807) is 43.3 Å². The van der Waals surface area contributed by atoms with Gasteiger partial charge in [0.25, 0.3) is 0 Å². The van der Waals surface area contributed by atoms with Crippen LogP contribution in [0.15, 0.2) is 41.5 Å². The zero-order valence-electron chi connectivity index (χ0n) is 12.4. The molecule has 0 aliphatic carbocycles. The maximum atomic E-state index is 11.8. The molecule has 124 valence electrons. The smallest absolute Gasteiger partial charge is 0.317 e. The summed E-state index contributed by atoms with van der Waals surface area (Å²) >= 11 is 17.6. The van der Waals surface area contributed by atoms with Gasteiger partial charge in [-0.25, -0.2) is 5.43 Å². The van der Waals surface area contributed by atoms with Gasteiger partial charge in [-0.05, 0) is 42.3 Å². The summed E-state index contributed by atoms with van der Waals surface area (Å²) < 4.78 is 0. The van der Waals surface area contributed by atoms with Crippen LogP contribution in [0.3, 0.4) is 0 Å². The summed E-state index contributed by atoms with van der Waals surface area (Å²) in [6, 6.07) is 9.85. The highest BCUT2D eigenvalue weighted by Gasteiger charge is 2.14. The maximum absolute atomic E-state index is 11.8. The van der Waals surface area contributed by atoms with Gasteiger partial charge < -0.3 is 5.32 Å². The van der Waals surface area contributed by atoms with E-state index in [4.69, 9.17) is 34.8 Å². The molecule has 2 aromatic carbocycles. The molecule has 0 atom stereocenters. The Bertz CT molecular complexity index is 822. The van der Waals surface area contributed by atoms with Crippen LogP contribution >= 0.6 is 34.8 Å². The molecule has 0 aromatic heterocycles. The Morgan fingerprint density at radius 1 is 1.00 bits per heavy atom. The summed E-state index contributed by atoms with van der Waals surface area (Å²) in [4.78, 5) is 23.6. The van der Waals surface area contributed by atoms with E-state index in [-0.39, 0.29) is 0 Å². The molecule has 0 heterocycles. The fraction of sp³-hybridized carbons (Fsp3) is 0.0625. The number of carbonyl (C=O) groups is 2. The molecule has 2 rings (SSSR count). The number of hydrogen-bond donors (Lipinski definition) is 2. The lowest BCUT2D eigenvalue weighted by molar-refractivity contribution is -0.136. The van der Waals surface area contributed by atoms with Gasteiger partial charge in [-0.3, -0.25) is 9.59 Å². The molecule has 24 heavy (non-hydrogen) atoms. The van der Waals surface area contributed by atoms with Crippen molar-refractivity contribution >= 4 is 58.5 Å². The molecule has 0 fully saturated rings. The lowest BCUT2D eigenvalue weighted by Crippen LogP contribution is -2.32. The number of amides is 2. The molecule has 0 spiro atoms. The summed E-state index contributed by atoms with van der Waals surface area (Å²) in [6.07, 6.45) is 1.35. The number of nitrogens with zero attached hydrogens (tertiary/aromatic N) is 1. The third-order valence-electron chi connectivity index (χ3n) is 3.05. The molecule has 0 saturated heterocycles. The molecule has 0 saturated carbocycles. The van der Waals surface area contributed by atoms with E-state index in [1.165, 1.54) is 6.21 Å². The normalized spacial score (nSPS) is 10.7. The van der Waals surface area contributed by atoms with Crippen LogP contribution in [0.5, 0.6) is 0 Å². The Morgan fingerprint density at radius 2 is 1.75 bits per heavy atom. The third kappa shape index (κ3) is 4.71. The lowest BCUT2D eigenvalue weighted by Gasteiger charge is -2.08. The molecular formula is C16H12Cl3N3O2. The quantitative estimate of drug-likeness (QED) is 0.476. The first-order valence-corrected chi connectivity index (χ1v) is 7.86. The Kier molecular flexibility index (Phi) is 6.20. The van der Waals surface area contributed by atoms with Crippen LogP contribution in [0.1, 0.15) is 11.1 Å². The van der Waals surface area contributed by atoms with E-state index >= 15 is 0 Å². The Hall–Kier alpha value is -2.08. The summed E-state index contributed by atoms with van der Waals surface area (Å²) in [5.41, 5.74) is 3.87. The van der Waals surface area contributed by atoms with Gasteiger partial charge in [-0.1, -0.05) is 46.9 Å². The first-order chi connectivity index (χ1) is 11.4. The summed E-state index contributed by atoms with van der Waals surface area (Å²) in [6.45, 7) is 1.73. The van der Waals surface area contributed by atoms with Crippen LogP contribution in [-0.4, -0.2) is 18.0 Å². The average molecular weight is 385 g/mol. The van der Waals surface area contributed by atoms with Crippen LogP contribution in [0.2, 0.25) is 15.1 Å².